The second kappa shape index (κ2) is 7.06. The molecular weight excluding hydrogens is 322 g/mol. The van der Waals surface area contributed by atoms with Gasteiger partial charge in [-0.1, -0.05) is 22.0 Å². The molecule has 1 aliphatic rings. The Hall–Kier alpha value is -1.11. The number of halogens is 1. The molecule has 1 aromatic rings. The second-order valence-corrected chi connectivity index (χ2v) is 5.79. The van der Waals surface area contributed by atoms with Crippen LogP contribution in [0.2, 0.25) is 0 Å². The van der Waals surface area contributed by atoms with Gasteiger partial charge in [-0.15, -0.1) is 0 Å². The SMILES string of the molecule is CC(N)C(=O)NCc1ccc(Br)cc1N1CCOCC1. The Morgan fingerprint density at radius 1 is 1.50 bits per heavy atom. The van der Waals surface area contributed by atoms with Gasteiger partial charge in [0.1, 0.15) is 0 Å². The topological polar surface area (TPSA) is 67.6 Å². The van der Waals surface area contributed by atoms with Crippen LogP contribution < -0.4 is 16.0 Å². The number of rotatable bonds is 4. The molecular formula is C14H20BrN3O2. The van der Waals surface area contributed by atoms with Crippen LogP contribution in [0, 0.1) is 0 Å². The number of hydrogen-bond acceptors (Lipinski definition) is 4. The van der Waals surface area contributed by atoms with E-state index in [1.165, 1.54) is 0 Å². The molecule has 3 N–H and O–H groups in total. The van der Waals surface area contributed by atoms with Crippen LogP contribution >= 0.6 is 15.9 Å². The van der Waals surface area contributed by atoms with Crippen molar-refractivity contribution in [1.29, 1.82) is 0 Å². The highest BCUT2D eigenvalue weighted by molar-refractivity contribution is 9.10. The quantitative estimate of drug-likeness (QED) is 0.864. The highest BCUT2D eigenvalue weighted by Gasteiger charge is 2.16. The molecule has 0 saturated carbocycles. The monoisotopic (exact) mass is 341 g/mol. The Morgan fingerprint density at radius 3 is 2.85 bits per heavy atom. The molecule has 1 aliphatic heterocycles. The largest absolute Gasteiger partial charge is 0.378 e. The average Bonchev–Trinajstić information content (AvgIpc) is 2.46. The van der Waals surface area contributed by atoms with Crippen LogP contribution in [-0.2, 0) is 16.1 Å². The number of nitrogens with two attached hydrogens (primary N) is 1. The van der Waals surface area contributed by atoms with Gasteiger partial charge in [0.15, 0.2) is 0 Å². The first-order valence-electron chi connectivity index (χ1n) is 6.72. The third-order valence-electron chi connectivity index (χ3n) is 3.27. The molecule has 5 nitrogen and oxygen atoms in total. The van der Waals surface area contributed by atoms with Gasteiger partial charge in [-0.3, -0.25) is 4.79 Å². The predicted molar refractivity (Wildman–Crippen MR) is 82.7 cm³/mol. The first-order chi connectivity index (χ1) is 9.58. The molecule has 0 aliphatic carbocycles. The third-order valence-corrected chi connectivity index (χ3v) is 3.76. The Labute approximate surface area is 127 Å². The highest BCUT2D eigenvalue weighted by atomic mass is 79.9. The number of carbonyl (C=O) groups excluding carboxylic acids is 1. The summed E-state index contributed by atoms with van der Waals surface area (Å²) in [5.41, 5.74) is 7.78. The first-order valence-corrected chi connectivity index (χ1v) is 7.51. The molecule has 110 valence electrons. The summed E-state index contributed by atoms with van der Waals surface area (Å²) in [6, 6.07) is 5.60. The summed E-state index contributed by atoms with van der Waals surface area (Å²) in [4.78, 5) is 13.9. The molecule has 0 radical (unpaired) electrons. The standard InChI is InChI=1S/C14H20BrN3O2/c1-10(16)14(19)17-9-11-2-3-12(15)8-13(11)18-4-6-20-7-5-18/h2-3,8,10H,4-7,9,16H2,1H3,(H,17,19). The van der Waals surface area contributed by atoms with Gasteiger partial charge in [-0.05, 0) is 24.6 Å². The Bertz CT molecular complexity index is 473. The lowest BCUT2D eigenvalue weighted by molar-refractivity contribution is -0.122. The second-order valence-electron chi connectivity index (χ2n) is 4.88. The number of ether oxygens (including phenoxy) is 1. The zero-order chi connectivity index (χ0) is 14.5. The number of hydrogen-bond donors (Lipinski definition) is 2. The van der Waals surface area contributed by atoms with Crippen molar-refractivity contribution in [2.45, 2.75) is 19.5 Å². The fraction of sp³-hybridized carbons (Fsp3) is 0.500. The summed E-state index contributed by atoms with van der Waals surface area (Å²) >= 11 is 3.50. The number of nitrogens with one attached hydrogen (secondary N) is 1. The smallest absolute Gasteiger partial charge is 0.236 e. The van der Waals surface area contributed by atoms with Crippen LogP contribution in [0.15, 0.2) is 22.7 Å². The molecule has 1 unspecified atom stereocenters. The lowest BCUT2D eigenvalue weighted by Gasteiger charge is -2.31. The maximum Gasteiger partial charge on any atom is 0.236 e. The Balaban J connectivity index is 2.12. The Kier molecular flexibility index (Phi) is 5.39. The Morgan fingerprint density at radius 2 is 2.20 bits per heavy atom. The minimum atomic E-state index is -0.489. The van der Waals surface area contributed by atoms with E-state index in [0.717, 1.165) is 42.0 Å². The van der Waals surface area contributed by atoms with E-state index in [2.05, 4.69) is 32.2 Å². The van der Waals surface area contributed by atoms with Crippen molar-refractivity contribution >= 4 is 27.5 Å². The fourth-order valence-corrected chi connectivity index (χ4v) is 2.48. The van der Waals surface area contributed by atoms with Gasteiger partial charge >= 0.3 is 0 Å². The van der Waals surface area contributed by atoms with Crippen molar-refractivity contribution in [1.82, 2.24) is 5.32 Å². The number of benzene rings is 1. The maximum atomic E-state index is 11.6. The molecule has 20 heavy (non-hydrogen) atoms. The van der Waals surface area contributed by atoms with E-state index in [9.17, 15) is 4.79 Å². The lowest BCUT2D eigenvalue weighted by atomic mass is 10.1. The van der Waals surface area contributed by atoms with Crippen molar-refractivity contribution < 1.29 is 9.53 Å². The van der Waals surface area contributed by atoms with Crippen LogP contribution in [0.3, 0.4) is 0 Å². The number of carbonyl (C=O) groups is 1. The molecule has 1 aromatic carbocycles. The molecule has 1 amide bonds. The number of morpholine rings is 1. The zero-order valence-corrected chi connectivity index (χ0v) is 13.1. The van der Waals surface area contributed by atoms with Crippen molar-refractivity contribution in [2.75, 3.05) is 31.2 Å². The minimum absolute atomic E-state index is 0.138. The summed E-state index contributed by atoms with van der Waals surface area (Å²) in [6.45, 7) is 5.37. The van der Waals surface area contributed by atoms with Gasteiger partial charge in [0.25, 0.3) is 0 Å². The van der Waals surface area contributed by atoms with Crippen LogP contribution in [0.5, 0.6) is 0 Å². The van der Waals surface area contributed by atoms with Gasteiger partial charge in [-0.2, -0.15) is 0 Å². The van der Waals surface area contributed by atoms with Gasteiger partial charge in [-0.25, -0.2) is 0 Å². The van der Waals surface area contributed by atoms with Crippen molar-refractivity contribution in [2.24, 2.45) is 5.73 Å². The number of amides is 1. The molecule has 0 spiro atoms. The van der Waals surface area contributed by atoms with Gasteiger partial charge < -0.3 is 20.7 Å². The van der Waals surface area contributed by atoms with E-state index in [1.807, 2.05) is 12.1 Å². The molecule has 1 saturated heterocycles. The minimum Gasteiger partial charge on any atom is -0.378 e. The van der Waals surface area contributed by atoms with Crippen LogP contribution in [-0.4, -0.2) is 38.3 Å². The summed E-state index contributed by atoms with van der Waals surface area (Å²) in [7, 11) is 0. The van der Waals surface area contributed by atoms with E-state index in [4.69, 9.17) is 10.5 Å². The van der Waals surface area contributed by atoms with Gasteiger partial charge in [0, 0.05) is 29.8 Å². The summed E-state index contributed by atoms with van der Waals surface area (Å²) in [5, 5.41) is 2.86. The maximum absolute atomic E-state index is 11.6. The van der Waals surface area contributed by atoms with Gasteiger partial charge in [0.2, 0.25) is 5.91 Å². The van der Waals surface area contributed by atoms with E-state index >= 15 is 0 Å². The molecule has 0 bridgehead atoms. The average molecular weight is 342 g/mol. The van der Waals surface area contributed by atoms with Crippen LogP contribution in [0.1, 0.15) is 12.5 Å². The molecule has 1 fully saturated rings. The predicted octanol–water partition coefficient (Wildman–Crippen LogP) is 1.25. The lowest BCUT2D eigenvalue weighted by Crippen LogP contribution is -2.39. The van der Waals surface area contributed by atoms with E-state index in [-0.39, 0.29) is 5.91 Å². The number of anilines is 1. The fourth-order valence-electron chi connectivity index (χ4n) is 2.13. The normalized spacial score (nSPS) is 16.9. The summed E-state index contributed by atoms with van der Waals surface area (Å²) in [5.74, 6) is -0.138. The molecule has 2 rings (SSSR count). The van der Waals surface area contributed by atoms with Crippen molar-refractivity contribution in [3.05, 3.63) is 28.2 Å². The first kappa shape index (κ1) is 15.3. The number of nitrogens with zero attached hydrogens (tertiary/aromatic N) is 1. The third kappa shape index (κ3) is 3.94. The molecule has 6 heteroatoms. The molecule has 1 heterocycles. The van der Waals surface area contributed by atoms with Crippen LogP contribution in [0.4, 0.5) is 5.69 Å². The van der Waals surface area contributed by atoms with E-state index in [0.29, 0.717) is 6.54 Å². The van der Waals surface area contributed by atoms with E-state index in [1.54, 1.807) is 6.92 Å². The summed E-state index contributed by atoms with van der Waals surface area (Å²) in [6.07, 6.45) is 0. The van der Waals surface area contributed by atoms with Crippen LogP contribution in [0.25, 0.3) is 0 Å². The van der Waals surface area contributed by atoms with E-state index < -0.39 is 6.04 Å². The molecule has 0 aromatic heterocycles. The van der Waals surface area contributed by atoms with Gasteiger partial charge in [0.05, 0.1) is 19.3 Å². The van der Waals surface area contributed by atoms with Crippen molar-refractivity contribution in [3.63, 3.8) is 0 Å². The highest BCUT2D eigenvalue weighted by Crippen LogP contribution is 2.26. The molecule has 1 atom stereocenters. The zero-order valence-electron chi connectivity index (χ0n) is 11.6. The summed E-state index contributed by atoms with van der Waals surface area (Å²) < 4.78 is 6.41. The van der Waals surface area contributed by atoms with Crippen molar-refractivity contribution in [3.8, 4) is 0 Å².